The summed E-state index contributed by atoms with van der Waals surface area (Å²) < 4.78 is 12.7. The van der Waals surface area contributed by atoms with E-state index in [2.05, 4.69) is 63.7 Å². The molecule has 6 rings (SSSR count). The van der Waals surface area contributed by atoms with Crippen molar-refractivity contribution in [3.05, 3.63) is 42.2 Å². The molecule has 1 N–H and O–H groups in total. The van der Waals surface area contributed by atoms with Gasteiger partial charge in [0.25, 0.3) is 0 Å². The van der Waals surface area contributed by atoms with Gasteiger partial charge in [-0.1, -0.05) is 26.8 Å². The SMILES string of the molecule is C=C1C=C(CCCCCO[C@H]2CC[C@H]3[C@@H]4CC[C@H]5C[C@H](O)CC[C@]5(C)[C@H]4CC[C@]23C)c2ccc(N(C)C)cc2O1. The Morgan fingerprint density at radius 1 is 0.975 bits per heavy atom. The number of aliphatic hydroxyl groups excluding tert-OH is 1. The highest BCUT2D eigenvalue weighted by molar-refractivity contribution is 5.76. The van der Waals surface area contributed by atoms with Crippen molar-refractivity contribution in [3.8, 4) is 5.75 Å². The van der Waals surface area contributed by atoms with Gasteiger partial charge in [0.2, 0.25) is 0 Å². The Balaban J connectivity index is 0.985. The third kappa shape index (κ3) is 5.06. The van der Waals surface area contributed by atoms with E-state index in [0.717, 1.165) is 73.2 Å². The lowest BCUT2D eigenvalue weighted by molar-refractivity contribution is -0.141. The molecule has 0 aromatic heterocycles. The normalized spacial score (nSPS) is 38.4. The third-order valence-corrected chi connectivity index (χ3v) is 12.4. The first kappa shape index (κ1) is 28.3. The summed E-state index contributed by atoms with van der Waals surface area (Å²) >= 11 is 0. The van der Waals surface area contributed by atoms with E-state index in [9.17, 15) is 5.11 Å². The van der Waals surface area contributed by atoms with Crippen LogP contribution in [0.3, 0.4) is 0 Å². The minimum atomic E-state index is -0.0484. The van der Waals surface area contributed by atoms with E-state index in [1.807, 2.05) is 0 Å². The molecule has 40 heavy (non-hydrogen) atoms. The smallest absolute Gasteiger partial charge is 0.136 e. The van der Waals surface area contributed by atoms with Crippen molar-refractivity contribution in [1.29, 1.82) is 0 Å². The molecule has 0 spiro atoms. The zero-order chi connectivity index (χ0) is 28.1. The topological polar surface area (TPSA) is 41.9 Å². The molecule has 4 saturated carbocycles. The summed E-state index contributed by atoms with van der Waals surface area (Å²) in [5.41, 5.74) is 4.53. The van der Waals surface area contributed by atoms with Crippen LogP contribution in [0.25, 0.3) is 5.57 Å². The number of rotatable bonds is 8. The average Bonchev–Trinajstić information content (AvgIpc) is 3.26. The quantitative estimate of drug-likeness (QED) is 0.332. The number of allylic oxidation sites excluding steroid dienone is 2. The highest BCUT2D eigenvalue weighted by Crippen LogP contribution is 2.66. The van der Waals surface area contributed by atoms with E-state index in [4.69, 9.17) is 9.47 Å². The Kier molecular flexibility index (Phi) is 7.89. The van der Waals surface area contributed by atoms with Gasteiger partial charge in [-0.05, 0) is 135 Å². The molecule has 4 aliphatic carbocycles. The zero-order valence-electron chi connectivity index (χ0n) is 25.6. The molecule has 4 fully saturated rings. The number of benzene rings is 1. The summed E-state index contributed by atoms with van der Waals surface area (Å²) in [4.78, 5) is 2.11. The maximum atomic E-state index is 10.3. The molecule has 0 saturated heterocycles. The minimum absolute atomic E-state index is 0.0484. The number of fused-ring (bicyclic) bond motifs is 6. The Morgan fingerprint density at radius 3 is 2.60 bits per heavy atom. The number of hydrogen-bond acceptors (Lipinski definition) is 4. The number of nitrogens with zero attached hydrogens (tertiary/aromatic N) is 1. The number of aliphatic hydroxyl groups is 1. The zero-order valence-corrected chi connectivity index (χ0v) is 25.6. The van der Waals surface area contributed by atoms with Crippen molar-refractivity contribution in [2.75, 3.05) is 25.6 Å². The molecule has 4 nitrogen and oxygen atoms in total. The molecule has 4 heteroatoms. The maximum Gasteiger partial charge on any atom is 0.136 e. The number of hydrogen-bond donors (Lipinski definition) is 1. The number of unbranched alkanes of at least 4 members (excludes halogenated alkanes) is 2. The lowest BCUT2D eigenvalue weighted by atomic mass is 9.45. The fraction of sp³-hybridized carbons (Fsp3) is 0.722. The third-order valence-electron chi connectivity index (χ3n) is 12.4. The summed E-state index contributed by atoms with van der Waals surface area (Å²) in [6.07, 6.45) is 18.4. The lowest BCUT2D eigenvalue weighted by Crippen LogP contribution is -2.54. The van der Waals surface area contributed by atoms with Gasteiger partial charge in [-0.3, -0.25) is 0 Å². The van der Waals surface area contributed by atoms with Crippen LogP contribution in [-0.4, -0.2) is 38.0 Å². The van der Waals surface area contributed by atoms with Gasteiger partial charge in [0.15, 0.2) is 0 Å². The van der Waals surface area contributed by atoms with Crippen molar-refractivity contribution in [2.24, 2.45) is 34.5 Å². The fourth-order valence-electron chi connectivity index (χ4n) is 10.1. The van der Waals surface area contributed by atoms with Gasteiger partial charge in [-0.25, -0.2) is 0 Å². The fourth-order valence-corrected chi connectivity index (χ4v) is 10.1. The van der Waals surface area contributed by atoms with Crippen molar-refractivity contribution in [3.63, 3.8) is 0 Å². The molecule has 0 bridgehead atoms. The average molecular weight is 548 g/mol. The summed E-state index contributed by atoms with van der Waals surface area (Å²) in [6.45, 7) is 10.2. The second-order valence-corrected chi connectivity index (χ2v) is 14.7. The molecule has 220 valence electrons. The largest absolute Gasteiger partial charge is 0.457 e. The molecule has 8 atom stereocenters. The summed E-state index contributed by atoms with van der Waals surface area (Å²) in [5.74, 6) is 4.99. The maximum absolute atomic E-state index is 10.3. The Morgan fingerprint density at radius 2 is 1.77 bits per heavy atom. The van der Waals surface area contributed by atoms with E-state index in [1.165, 1.54) is 68.9 Å². The second-order valence-electron chi connectivity index (χ2n) is 14.7. The van der Waals surface area contributed by atoms with E-state index in [-0.39, 0.29) is 6.10 Å². The van der Waals surface area contributed by atoms with Crippen LogP contribution in [0.1, 0.15) is 103 Å². The van der Waals surface area contributed by atoms with E-state index in [1.54, 1.807) is 0 Å². The summed E-state index contributed by atoms with van der Waals surface area (Å²) in [5, 5.41) is 10.3. The molecular weight excluding hydrogens is 494 g/mol. The van der Waals surface area contributed by atoms with Gasteiger partial charge in [0.1, 0.15) is 11.5 Å². The first-order valence-electron chi connectivity index (χ1n) is 16.4. The van der Waals surface area contributed by atoms with Gasteiger partial charge >= 0.3 is 0 Å². The second kappa shape index (κ2) is 11.1. The number of ether oxygens (including phenoxy) is 2. The Bertz CT molecular complexity index is 1130. The molecular formula is C36H53NO3. The van der Waals surface area contributed by atoms with Gasteiger partial charge < -0.3 is 19.5 Å². The van der Waals surface area contributed by atoms with Gasteiger partial charge in [-0.2, -0.15) is 0 Å². The monoisotopic (exact) mass is 547 g/mol. The molecule has 1 aliphatic heterocycles. The lowest BCUT2D eigenvalue weighted by Gasteiger charge is -2.60. The van der Waals surface area contributed by atoms with Crippen molar-refractivity contribution >= 4 is 11.3 Å². The van der Waals surface area contributed by atoms with Crippen LogP contribution in [0.2, 0.25) is 0 Å². The first-order chi connectivity index (χ1) is 19.2. The molecule has 0 amide bonds. The van der Waals surface area contributed by atoms with Crippen LogP contribution in [0.15, 0.2) is 36.6 Å². The standard InChI is InChI=1S/C36H53NO3/c1-24-21-25(29-13-11-27(37(4)5)23-33(29)40-24)9-7-6-8-20-39-34-15-14-31-30-12-10-26-22-28(38)16-18-35(26,2)32(30)17-19-36(31,34)3/h11,13,21,23,26,28,30-32,34,38H,1,6-10,12,14-20,22H2,2-5H3/t26-,28+,30-,31-,32-,34-,35-,36-/m0/s1. The van der Waals surface area contributed by atoms with Gasteiger partial charge in [-0.15, -0.1) is 0 Å². The van der Waals surface area contributed by atoms with Crippen LogP contribution in [0, 0.1) is 34.5 Å². The molecule has 1 aromatic rings. The highest BCUT2D eigenvalue weighted by atomic mass is 16.5. The minimum Gasteiger partial charge on any atom is -0.457 e. The van der Waals surface area contributed by atoms with E-state index >= 15 is 0 Å². The van der Waals surface area contributed by atoms with E-state index in [0.29, 0.717) is 16.9 Å². The molecule has 1 heterocycles. The number of anilines is 1. The first-order valence-corrected chi connectivity index (χ1v) is 16.4. The predicted molar refractivity (Wildman–Crippen MR) is 164 cm³/mol. The molecule has 5 aliphatic rings. The van der Waals surface area contributed by atoms with Crippen molar-refractivity contribution < 1.29 is 14.6 Å². The van der Waals surface area contributed by atoms with Crippen LogP contribution in [0.5, 0.6) is 5.75 Å². The van der Waals surface area contributed by atoms with Crippen LogP contribution < -0.4 is 9.64 Å². The van der Waals surface area contributed by atoms with Gasteiger partial charge in [0.05, 0.1) is 12.2 Å². The Labute approximate surface area is 243 Å². The van der Waals surface area contributed by atoms with Crippen LogP contribution >= 0.6 is 0 Å². The Hall–Kier alpha value is -1.78. The molecule has 0 unspecified atom stereocenters. The van der Waals surface area contributed by atoms with Crippen LogP contribution in [0.4, 0.5) is 5.69 Å². The summed E-state index contributed by atoms with van der Waals surface area (Å²) in [6, 6.07) is 6.49. The highest BCUT2D eigenvalue weighted by Gasteiger charge is 2.60. The van der Waals surface area contributed by atoms with E-state index < -0.39 is 0 Å². The van der Waals surface area contributed by atoms with Crippen molar-refractivity contribution in [2.45, 2.75) is 110 Å². The molecule has 1 aromatic carbocycles. The van der Waals surface area contributed by atoms with Gasteiger partial charge in [0, 0.05) is 38.0 Å². The summed E-state index contributed by atoms with van der Waals surface area (Å²) in [7, 11) is 4.12. The molecule has 0 radical (unpaired) electrons. The van der Waals surface area contributed by atoms with Crippen molar-refractivity contribution in [1.82, 2.24) is 0 Å². The van der Waals surface area contributed by atoms with Crippen LogP contribution in [-0.2, 0) is 4.74 Å². The predicted octanol–water partition coefficient (Wildman–Crippen LogP) is 8.39.